The minimum absolute atomic E-state index is 0.00537. The lowest BCUT2D eigenvalue weighted by Crippen LogP contribution is -2.34. The molecule has 118 valence electrons. The van der Waals surface area contributed by atoms with Crippen molar-refractivity contribution >= 4 is 21.4 Å². The Bertz CT molecular complexity index is 552. The van der Waals surface area contributed by atoms with Crippen LogP contribution in [0.3, 0.4) is 0 Å². The van der Waals surface area contributed by atoms with Crippen LogP contribution in [0.1, 0.15) is 17.9 Å². The number of rotatable bonds is 5. The zero-order valence-electron chi connectivity index (χ0n) is 11.8. The molecule has 2 saturated heterocycles. The lowest BCUT2D eigenvalue weighted by Gasteiger charge is -2.18. The molecule has 0 aromatic carbocycles. The van der Waals surface area contributed by atoms with Gasteiger partial charge in [0.25, 0.3) is 0 Å². The van der Waals surface area contributed by atoms with Gasteiger partial charge in [0.1, 0.15) is 0 Å². The number of aliphatic hydroxyl groups excluding tert-OH is 1. The predicted octanol–water partition coefficient (Wildman–Crippen LogP) is 1.12. The molecule has 5 nitrogen and oxygen atoms in total. The van der Waals surface area contributed by atoms with Crippen molar-refractivity contribution < 1.29 is 18.3 Å². The smallest absolute Gasteiger partial charge is 0.214 e. The van der Waals surface area contributed by atoms with E-state index in [1.54, 1.807) is 15.6 Å². The molecule has 2 aliphatic rings. The first kappa shape index (κ1) is 15.4. The molecule has 0 saturated carbocycles. The molecule has 0 aliphatic carbocycles. The fraction of sp³-hybridized carbons (Fsp3) is 0.714. The van der Waals surface area contributed by atoms with Gasteiger partial charge in [-0.15, -0.1) is 0 Å². The van der Waals surface area contributed by atoms with Crippen molar-refractivity contribution in [3.8, 4) is 0 Å². The molecule has 1 aromatic heterocycles. The van der Waals surface area contributed by atoms with Crippen LogP contribution in [0.25, 0.3) is 0 Å². The van der Waals surface area contributed by atoms with E-state index < -0.39 is 10.0 Å². The average Bonchev–Trinajstić information content (AvgIpc) is 3.18. The topological polar surface area (TPSA) is 66.8 Å². The van der Waals surface area contributed by atoms with Crippen LogP contribution in [0.2, 0.25) is 0 Å². The first-order valence-electron chi connectivity index (χ1n) is 7.28. The molecule has 0 spiro atoms. The van der Waals surface area contributed by atoms with Crippen LogP contribution in [0.4, 0.5) is 0 Å². The standard InChI is InChI=1S/C14H21NO4S2/c16-7-13-5-15(6-14(13)12-2-4-20-9-12)21(17,18)10-11-1-3-19-8-11/h2,4,9,11,13-14,16H,1,3,5-8,10H2/t11-,13-,14+/m1/s1. The minimum Gasteiger partial charge on any atom is -0.396 e. The molecule has 7 heteroatoms. The van der Waals surface area contributed by atoms with Crippen LogP contribution in [0.5, 0.6) is 0 Å². The number of nitrogens with zero attached hydrogens (tertiary/aromatic N) is 1. The highest BCUT2D eigenvalue weighted by Crippen LogP contribution is 2.35. The SMILES string of the molecule is O=S(=O)(C[C@@H]1CCOC1)N1C[C@H](CO)[C@H](c2ccsc2)C1. The van der Waals surface area contributed by atoms with Crippen molar-refractivity contribution in [2.75, 3.05) is 38.7 Å². The minimum atomic E-state index is -3.26. The summed E-state index contributed by atoms with van der Waals surface area (Å²) < 4.78 is 31.9. The molecule has 3 atom stereocenters. The number of hydrogen-bond donors (Lipinski definition) is 1. The molecule has 0 radical (unpaired) electrons. The number of thiophene rings is 1. The summed E-state index contributed by atoms with van der Waals surface area (Å²) in [5.41, 5.74) is 1.14. The van der Waals surface area contributed by atoms with Crippen molar-refractivity contribution in [2.45, 2.75) is 12.3 Å². The zero-order valence-corrected chi connectivity index (χ0v) is 13.5. The Morgan fingerprint density at radius 3 is 2.90 bits per heavy atom. The van der Waals surface area contributed by atoms with E-state index in [4.69, 9.17) is 4.74 Å². The highest BCUT2D eigenvalue weighted by atomic mass is 32.2. The largest absolute Gasteiger partial charge is 0.396 e. The van der Waals surface area contributed by atoms with Crippen LogP contribution in [-0.2, 0) is 14.8 Å². The van der Waals surface area contributed by atoms with E-state index in [0.29, 0.717) is 26.3 Å². The lowest BCUT2D eigenvalue weighted by molar-refractivity contribution is 0.188. The maximum absolute atomic E-state index is 12.6. The van der Waals surface area contributed by atoms with E-state index in [1.165, 1.54) is 0 Å². The zero-order chi connectivity index (χ0) is 14.9. The van der Waals surface area contributed by atoms with Crippen LogP contribution in [0.15, 0.2) is 16.8 Å². The van der Waals surface area contributed by atoms with E-state index in [0.717, 1.165) is 12.0 Å². The van der Waals surface area contributed by atoms with Crippen LogP contribution < -0.4 is 0 Å². The fourth-order valence-corrected chi connectivity index (χ4v) is 5.83. The summed E-state index contributed by atoms with van der Waals surface area (Å²) in [4.78, 5) is 0. The highest BCUT2D eigenvalue weighted by molar-refractivity contribution is 7.89. The molecule has 1 aromatic rings. The molecule has 3 heterocycles. The molecule has 2 fully saturated rings. The number of ether oxygens (including phenoxy) is 1. The second-order valence-electron chi connectivity index (χ2n) is 5.93. The normalized spacial score (nSPS) is 31.0. The third kappa shape index (κ3) is 3.32. The van der Waals surface area contributed by atoms with Gasteiger partial charge in [-0.3, -0.25) is 0 Å². The first-order valence-corrected chi connectivity index (χ1v) is 9.84. The molecule has 1 N–H and O–H groups in total. The van der Waals surface area contributed by atoms with Crippen LogP contribution in [-0.4, -0.2) is 56.5 Å². The maximum atomic E-state index is 12.6. The summed E-state index contributed by atoms with van der Waals surface area (Å²) in [5, 5.41) is 13.6. The van der Waals surface area contributed by atoms with Gasteiger partial charge in [-0.2, -0.15) is 11.3 Å². The molecule has 0 amide bonds. The van der Waals surface area contributed by atoms with Gasteiger partial charge in [0.15, 0.2) is 0 Å². The monoisotopic (exact) mass is 331 g/mol. The van der Waals surface area contributed by atoms with Crippen molar-refractivity contribution in [3.05, 3.63) is 22.4 Å². The summed E-state index contributed by atoms with van der Waals surface area (Å²) in [6.07, 6.45) is 0.824. The van der Waals surface area contributed by atoms with Crippen molar-refractivity contribution in [3.63, 3.8) is 0 Å². The predicted molar refractivity (Wildman–Crippen MR) is 81.9 cm³/mol. The molecule has 21 heavy (non-hydrogen) atoms. The number of hydrogen-bond acceptors (Lipinski definition) is 5. The Morgan fingerprint density at radius 2 is 2.29 bits per heavy atom. The molecular formula is C14H21NO4S2. The lowest BCUT2D eigenvalue weighted by atomic mass is 9.92. The Morgan fingerprint density at radius 1 is 1.43 bits per heavy atom. The highest BCUT2D eigenvalue weighted by Gasteiger charge is 2.40. The van der Waals surface area contributed by atoms with Gasteiger partial charge < -0.3 is 9.84 Å². The van der Waals surface area contributed by atoms with E-state index in [1.807, 2.05) is 16.8 Å². The van der Waals surface area contributed by atoms with Gasteiger partial charge in [0.2, 0.25) is 10.0 Å². The third-order valence-corrected chi connectivity index (χ3v) is 7.16. The van der Waals surface area contributed by atoms with Crippen LogP contribution in [0, 0.1) is 11.8 Å². The quantitative estimate of drug-likeness (QED) is 0.878. The Labute approximate surface area is 129 Å². The molecule has 0 unspecified atom stereocenters. The van der Waals surface area contributed by atoms with Gasteiger partial charge in [-0.1, -0.05) is 0 Å². The third-order valence-electron chi connectivity index (χ3n) is 4.48. The Hall–Kier alpha value is -0.470. The fourth-order valence-electron chi connectivity index (χ4n) is 3.23. The molecule has 0 bridgehead atoms. The van der Waals surface area contributed by atoms with E-state index in [9.17, 15) is 13.5 Å². The Balaban J connectivity index is 1.71. The van der Waals surface area contributed by atoms with Gasteiger partial charge >= 0.3 is 0 Å². The summed E-state index contributed by atoms with van der Waals surface area (Å²) in [6, 6.07) is 2.03. The van der Waals surface area contributed by atoms with Crippen molar-refractivity contribution in [1.29, 1.82) is 0 Å². The van der Waals surface area contributed by atoms with Crippen molar-refractivity contribution in [2.24, 2.45) is 11.8 Å². The average molecular weight is 331 g/mol. The van der Waals surface area contributed by atoms with E-state index >= 15 is 0 Å². The van der Waals surface area contributed by atoms with E-state index in [-0.39, 0.29) is 30.1 Å². The van der Waals surface area contributed by atoms with Crippen LogP contribution >= 0.6 is 11.3 Å². The summed E-state index contributed by atoms with van der Waals surface area (Å²) in [5.74, 6) is 0.384. The summed E-state index contributed by atoms with van der Waals surface area (Å²) in [6.45, 7) is 2.14. The molecule has 3 rings (SSSR count). The Kier molecular flexibility index (Phi) is 4.66. The van der Waals surface area contributed by atoms with Gasteiger partial charge in [-0.05, 0) is 34.7 Å². The second-order valence-corrected chi connectivity index (χ2v) is 8.72. The number of aliphatic hydroxyl groups is 1. The maximum Gasteiger partial charge on any atom is 0.214 e. The summed E-state index contributed by atoms with van der Waals surface area (Å²) >= 11 is 1.61. The van der Waals surface area contributed by atoms with Gasteiger partial charge in [0.05, 0.1) is 12.4 Å². The van der Waals surface area contributed by atoms with Gasteiger partial charge in [0, 0.05) is 38.1 Å². The van der Waals surface area contributed by atoms with E-state index in [2.05, 4.69) is 0 Å². The summed E-state index contributed by atoms with van der Waals surface area (Å²) in [7, 11) is -3.26. The van der Waals surface area contributed by atoms with Gasteiger partial charge in [-0.25, -0.2) is 12.7 Å². The van der Waals surface area contributed by atoms with Crippen molar-refractivity contribution in [1.82, 2.24) is 4.31 Å². The second kappa shape index (κ2) is 6.34. The number of sulfonamides is 1. The first-order chi connectivity index (χ1) is 10.1. The molecule has 2 aliphatic heterocycles. The molecular weight excluding hydrogens is 310 g/mol.